The van der Waals surface area contributed by atoms with Gasteiger partial charge in [-0.05, 0) is 43.9 Å². The van der Waals surface area contributed by atoms with E-state index >= 15 is 0 Å². The van der Waals surface area contributed by atoms with Crippen LogP contribution in [0.25, 0.3) is 0 Å². The first kappa shape index (κ1) is 11.9. The summed E-state index contributed by atoms with van der Waals surface area (Å²) in [5.74, 6) is 0.325. The summed E-state index contributed by atoms with van der Waals surface area (Å²) in [6.45, 7) is 10.9. The summed E-state index contributed by atoms with van der Waals surface area (Å²) >= 11 is 0. The molecule has 2 rings (SSSR count). The smallest absolute Gasteiger partial charge is 0.139 e. The minimum absolute atomic E-state index is 0.203. The van der Waals surface area contributed by atoms with Crippen LogP contribution in [0, 0.1) is 16.2 Å². The van der Waals surface area contributed by atoms with Crippen LogP contribution < -0.4 is 0 Å². The van der Waals surface area contributed by atoms with Crippen LogP contribution >= 0.6 is 0 Å². The molecule has 0 aliphatic heterocycles. The van der Waals surface area contributed by atoms with Crippen LogP contribution in [0.4, 0.5) is 0 Å². The summed E-state index contributed by atoms with van der Waals surface area (Å²) in [7, 11) is 0. The predicted octanol–water partition coefficient (Wildman–Crippen LogP) is 4.13. The fourth-order valence-electron chi connectivity index (χ4n) is 3.97. The molecule has 90 valence electrons. The molecule has 0 unspecified atom stereocenters. The van der Waals surface area contributed by atoms with Gasteiger partial charge in [0.15, 0.2) is 0 Å². The molecule has 1 nitrogen and oxygen atoms in total. The van der Waals surface area contributed by atoms with E-state index in [4.69, 9.17) is 0 Å². The Morgan fingerprint density at radius 1 is 1.19 bits per heavy atom. The molecule has 0 heterocycles. The standard InChI is InChI=1S/C15H24O/c1-11(16)15(5)9-12-13(2,3)7-6-8-14(12,4)10-15/h9H,6-8,10H2,1-5H3/t14-,15-/m0/s1. The lowest BCUT2D eigenvalue weighted by Crippen LogP contribution is -2.33. The van der Waals surface area contributed by atoms with Crippen LogP contribution in [0.1, 0.15) is 60.3 Å². The molecular weight excluding hydrogens is 196 g/mol. The molecule has 16 heavy (non-hydrogen) atoms. The first-order valence-corrected chi connectivity index (χ1v) is 6.45. The van der Waals surface area contributed by atoms with Gasteiger partial charge in [-0.1, -0.05) is 38.8 Å². The van der Waals surface area contributed by atoms with Crippen molar-refractivity contribution in [3.05, 3.63) is 11.6 Å². The number of Topliss-reactive ketones (excluding diaryl/α,β-unsaturated/α-hetero) is 1. The monoisotopic (exact) mass is 220 g/mol. The van der Waals surface area contributed by atoms with Gasteiger partial charge < -0.3 is 0 Å². The van der Waals surface area contributed by atoms with Crippen molar-refractivity contribution in [2.75, 3.05) is 0 Å². The lowest BCUT2D eigenvalue weighted by molar-refractivity contribution is -0.124. The van der Waals surface area contributed by atoms with Crippen molar-refractivity contribution in [2.45, 2.75) is 60.3 Å². The van der Waals surface area contributed by atoms with Crippen LogP contribution in [0.15, 0.2) is 11.6 Å². The van der Waals surface area contributed by atoms with Crippen molar-refractivity contribution in [3.63, 3.8) is 0 Å². The zero-order valence-electron chi connectivity index (χ0n) is 11.3. The van der Waals surface area contributed by atoms with E-state index in [1.54, 1.807) is 12.5 Å². The second-order valence-electron chi connectivity index (χ2n) is 7.01. The van der Waals surface area contributed by atoms with Gasteiger partial charge in [-0.2, -0.15) is 0 Å². The number of allylic oxidation sites excluding steroid dienone is 2. The molecule has 1 heteroatoms. The van der Waals surface area contributed by atoms with Gasteiger partial charge in [-0.3, -0.25) is 4.79 Å². The highest BCUT2D eigenvalue weighted by atomic mass is 16.1. The van der Waals surface area contributed by atoms with Crippen molar-refractivity contribution < 1.29 is 4.79 Å². The van der Waals surface area contributed by atoms with Crippen molar-refractivity contribution >= 4 is 5.78 Å². The van der Waals surface area contributed by atoms with Gasteiger partial charge in [0, 0.05) is 5.41 Å². The number of fused-ring (bicyclic) bond motifs is 1. The van der Waals surface area contributed by atoms with Crippen molar-refractivity contribution in [2.24, 2.45) is 16.2 Å². The topological polar surface area (TPSA) is 17.1 Å². The average Bonchev–Trinajstić information content (AvgIpc) is 2.39. The van der Waals surface area contributed by atoms with Crippen LogP contribution in [0.3, 0.4) is 0 Å². The van der Waals surface area contributed by atoms with E-state index in [-0.39, 0.29) is 10.8 Å². The Balaban J connectivity index is 2.46. The average molecular weight is 220 g/mol. The Morgan fingerprint density at radius 2 is 1.81 bits per heavy atom. The Hall–Kier alpha value is -0.590. The Morgan fingerprint density at radius 3 is 2.31 bits per heavy atom. The molecule has 1 saturated carbocycles. The van der Waals surface area contributed by atoms with Gasteiger partial charge >= 0.3 is 0 Å². The normalized spacial score (nSPS) is 41.4. The minimum atomic E-state index is -0.203. The third-order valence-electron chi connectivity index (χ3n) is 4.93. The number of carbonyl (C=O) groups is 1. The van der Waals surface area contributed by atoms with Crippen LogP contribution in [-0.4, -0.2) is 5.78 Å². The molecular formula is C15H24O. The highest BCUT2D eigenvalue weighted by Gasteiger charge is 2.51. The summed E-state index contributed by atoms with van der Waals surface area (Å²) in [5.41, 5.74) is 1.91. The van der Waals surface area contributed by atoms with Crippen LogP contribution in [0.5, 0.6) is 0 Å². The number of ketones is 1. The third kappa shape index (κ3) is 1.56. The predicted molar refractivity (Wildman–Crippen MR) is 67.2 cm³/mol. The molecule has 2 aliphatic carbocycles. The minimum Gasteiger partial charge on any atom is -0.299 e. The number of carbonyl (C=O) groups excluding carboxylic acids is 1. The van der Waals surface area contributed by atoms with E-state index in [1.807, 2.05) is 0 Å². The quantitative estimate of drug-likeness (QED) is 0.607. The second-order valence-corrected chi connectivity index (χ2v) is 7.01. The van der Waals surface area contributed by atoms with Crippen LogP contribution in [0.2, 0.25) is 0 Å². The fraction of sp³-hybridized carbons (Fsp3) is 0.800. The molecule has 0 amide bonds. The second kappa shape index (κ2) is 3.21. The number of hydrogen-bond acceptors (Lipinski definition) is 1. The van der Waals surface area contributed by atoms with E-state index in [0.717, 1.165) is 6.42 Å². The molecule has 2 aliphatic rings. The van der Waals surface area contributed by atoms with E-state index in [0.29, 0.717) is 11.2 Å². The van der Waals surface area contributed by atoms with E-state index < -0.39 is 0 Å². The van der Waals surface area contributed by atoms with Gasteiger partial charge in [0.25, 0.3) is 0 Å². The summed E-state index contributed by atoms with van der Waals surface area (Å²) in [4.78, 5) is 11.8. The highest BCUT2D eigenvalue weighted by Crippen LogP contribution is 2.60. The molecule has 2 atom stereocenters. The molecule has 0 N–H and O–H groups in total. The fourth-order valence-corrected chi connectivity index (χ4v) is 3.97. The maximum absolute atomic E-state index is 11.8. The number of hydrogen-bond donors (Lipinski definition) is 0. The van der Waals surface area contributed by atoms with E-state index in [9.17, 15) is 4.79 Å². The van der Waals surface area contributed by atoms with Gasteiger partial charge in [0.05, 0.1) is 0 Å². The van der Waals surface area contributed by atoms with Gasteiger partial charge in [-0.15, -0.1) is 0 Å². The molecule has 0 aromatic rings. The molecule has 0 radical (unpaired) electrons. The van der Waals surface area contributed by atoms with Crippen molar-refractivity contribution in [1.29, 1.82) is 0 Å². The largest absolute Gasteiger partial charge is 0.299 e. The Kier molecular flexibility index (Phi) is 2.38. The lowest BCUT2D eigenvalue weighted by atomic mass is 9.61. The molecule has 1 fully saturated rings. The first-order valence-electron chi connectivity index (χ1n) is 6.45. The highest BCUT2D eigenvalue weighted by molar-refractivity contribution is 5.85. The van der Waals surface area contributed by atoms with Gasteiger partial charge in [0.2, 0.25) is 0 Å². The first-order chi connectivity index (χ1) is 7.20. The van der Waals surface area contributed by atoms with Crippen molar-refractivity contribution in [3.8, 4) is 0 Å². The van der Waals surface area contributed by atoms with Gasteiger partial charge in [-0.25, -0.2) is 0 Å². The summed E-state index contributed by atoms with van der Waals surface area (Å²) in [5, 5.41) is 0. The van der Waals surface area contributed by atoms with E-state index in [2.05, 4.69) is 33.8 Å². The maximum atomic E-state index is 11.8. The molecule has 0 aromatic heterocycles. The maximum Gasteiger partial charge on any atom is 0.139 e. The molecule has 0 aromatic carbocycles. The summed E-state index contributed by atoms with van der Waals surface area (Å²) < 4.78 is 0. The summed E-state index contributed by atoms with van der Waals surface area (Å²) in [6, 6.07) is 0. The van der Waals surface area contributed by atoms with Crippen molar-refractivity contribution in [1.82, 2.24) is 0 Å². The van der Waals surface area contributed by atoms with Gasteiger partial charge in [0.1, 0.15) is 5.78 Å². The lowest BCUT2D eigenvalue weighted by Gasteiger charge is -2.43. The number of rotatable bonds is 1. The summed E-state index contributed by atoms with van der Waals surface area (Å²) in [6.07, 6.45) is 7.14. The van der Waals surface area contributed by atoms with Crippen LogP contribution in [-0.2, 0) is 4.79 Å². The zero-order valence-corrected chi connectivity index (χ0v) is 11.3. The molecule has 0 spiro atoms. The Labute approximate surface area is 99.3 Å². The zero-order chi connectivity index (χ0) is 12.2. The molecule has 0 saturated heterocycles. The SMILES string of the molecule is CC(=O)[C@@]1(C)C=C2C(C)(C)CCC[C@@]2(C)C1. The molecule has 0 bridgehead atoms. The Bertz CT molecular complexity index is 364. The van der Waals surface area contributed by atoms with E-state index in [1.165, 1.54) is 19.3 Å². The third-order valence-corrected chi connectivity index (χ3v) is 4.93.